The Labute approximate surface area is 58.3 Å². The lowest BCUT2D eigenvalue weighted by Crippen LogP contribution is -2.15. The van der Waals surface area contributed by atoms with Gasteiger partial charge in [0.15, 0.2) is 0 Å². The summed E-state index contributed by atoms with van der Waals surface area (Å²) in [6, 6.07) is 0. The maximum Gasteiger partial charge on any atom is 0.115 e. The molecule has 44 valence electrons. The second kappa shape index (κ2) is 2.87. The highest BCUT2D eigenvalue weighted by Gasteiger charge is 2.14. The van der Waals surface area contributed by atoms with E-state index in [0.29, 0.717) is 0 Å². The molecule has 0 bridgehead atoms. The van der Waals surface area contributed by atoms with Gasteiger partial charge < -0.3 is 5.11 Å². The van der Waals surface area contributed by atoms with Crippen LogP contribution in [0.1, 0.15) is 26.7 Å². The first-order valence-electron chi connectivity index (χ1n) is 2.53. The zero-order chi connectivity index (χ0) is 5.91. The van der Waals surface area contributed by atoms with Crippen molar-refractivity contribution in [2.45, 2.75) is 30.3 Å². The third kappa shape index (κ3) is 3.29. The highest BCUT2D eigenvalue weighted by atomic mass is 127. The van der Waals surface area contributed by atoms with Gasteiger partial charge in [0.1, 0.15) is 3.61 Å². The van der Waals surface area contributed by atoms with Crippen molar-refractivity contribution in [2.75, 3.05) is 0 Å². The lowest BCUT2D eigenvalue weighted by atomic mass is 10.2. The molecule has 0 saturated carbocycles. The summed E-state index contributed by atoms with van der Waals surface area (Å²) in [7, 11) is 0. The van der Waals surface area contributed by atoms with Crippen molar-refractivity contribution >= 4 is 22.6 Å². The number of aliphatic hydroxyl groups is 1. The summed E-state index contributed by atoms with van der Waals surface area (Å²) in [6.45, 7) is 3.96. The fourth-order valence-electron chi connectivity index (χ4n) is 0.250. The highest BCUT2D eigenvalue weighted by Crippen LogP contribution is 2.21. The summed E-state index contributed by atoms with van der Waals surface area (Å²) in [5.74, 6) is 0. The third-order valence-corrected chi connectivity index (χ3v) is 2.61. The van der Waals surface area contributed by atoms with Crippen molar-refractivity contribution in [3.63, 3.8) is 0 Å². The number of alkyl halides is 1. The monoisotopic (exact) mass is 214 g/mol. The number of hydrogen-bond acceptors (Lipinski definition) is 1. The van der Waals surface area contributed by atoms with Gasteiger partial charge in [-0.25, -0.2) is 0 Å². The topological polar surface area (TPSA) is 20.2 Å². The quantitative estimate of drug-likeness (QED) is 0.550. The molecule has 0 aliphatic heterocycles. The SMILES string of the molecule is CCC(O)(I)CC. The van der Waals surface area contributed by atoms with E-state index in [0.717, 1.165) is 12.8 Å². The Morgan fingerprint density at radius 2 is 1.71 bits per heavy atom. The Morgan fingerprint density at radius 3 is 1.71 bits per heavy atom. The molecular weight excluding hydrogens is 203 g/mol. The van der Waals surface area contributed by atoms with Gasteiger partial charge in [-0.3, -0.25) is 0 Å². The molecule has 0 spiro atoms. The van der Waals surface area contributed by atoms with Crippen molar-refractivity contribution < 1.29 is 5.11 Å². The Morgan fingerprint density at radius 1 is 1.43 bits per heavy atom. The lowest BCUT2D eigenvalue weighted by Gasteiger charge is -2.14. The number of halogens is 1. The smallest absolute Gasteiger partial charge is 0.115 e. The highest BCUT2D eigenvalue weighted by molar-refractivity contribution is 14.1. The van der Waals surface area contributed by atoms with Gasteiger partial charge in [-0.2, -0.15) is 0 Å². The molecule has 0 radical (unpaired) electrons. The Kier molecular flexibility index (Phi) is 3.15. The Balaban J connectivity index is 3.36. The molecule has 0 unspecified atom stereocenters. The molecule has 1 N–H and O–H groups in total. The summed E-state index contributed by atoms with van der Waals surface area (Å²) in [5, 5.41) is 9.12. The summed E-state index contributed by atoms with van der Waals surface area (Å²) in [6.07, 6.45) is 1.67. The van der Waals surface area contributed by atoms with Crippen molar-refractivity contribution in [3.05, 3.63) is 0 Å². The predicted molar refractivity (Wildman–Crippen MR) is 39.6 cm³/mol. The second-order valence-electron chi connectivity index (χ2n) is 1.63. The summed E-state index contributed by atoms with van der Waals surface area (Å²) in [4.78, 5) is 0. The minimum Gasteiger partial charge on any atom is -0.380 e. The van der Waals surface area contributed by atoms with Gasteiger partial charge in [0.2, 0.25) is 0 Å². The molecule has 0 aromatic heterocycles. The molecular formula is C5H11IO. The first kappa shape index (κ1) is 7.69. The second-order valence-corrected chi connectivity index (χ2v) is 3.63. The van der Waals surface area contributed by atoms with Crippen LogP contribution >= 0.6 is 22.6 Å². The van der Waals surface area contributed by atoms with Crippen LogP contribution in [-0.2, 0) is 0 Å². The Hall–Kier alpha value is 0.690. The van der Waals surface area contributed by atoms with Crippen LogP contribution < -0.4 is 0 Å². The van der Waals surface area contributed by atoms with Gasteiger partial charge in [0.25, 0.3) is 0 Å². The molecule has 1 nitrogen and oxygen atoms in total. The maximum atomic E-state index is 9.12. The minimum absolute atomic E-state index is 0.447. The lowest BCUT2D eigenvalue weighted by molar-refractivity contribution is 0.148. The molecule has 0 heterocycles. The van der Waals surface area contributed by atoms with Crippen molar-refractivity contribution in [2.24, 2.45) is 0 Å². The fraction of sp³-hybridized carbons (Fsp3) is 1.00. The van der Waals surface area contributed by atoms with Gasteiger partial charge in [-0.1, -0.05) is 13.8 Å². The van der Waals surface area contributed by atoms with Crippen LogP contribution in [0.4, 0.5) is 0 Å². The summed E-state index contributed by atoms with van der Waals surface area (Å²) >= 11 is 2.06. The van der Waals surface area contributed by atoms with Crippen molar-refractivity contribution in [3.8, 4) is 0 Å². The molecule has 0 amide bonds. The summed E-state index contributed by atoms with van der Waals surface area (Å²) in [5.41, 5.74) is 0. The minimum atomic E-state index is -0.447. The summed E-state index contributed by atoms with van der Waals surface area (Å²) < 4.78 is -0.447. The average Bonchev–Trinajstić information content (AvgIpc) is 1.68. The van der Waals surface area contributed by atoms with Crippen LogP contribution in [0, 0.1) is 0 Å². The molecule has 0 aromatic rings. The van der Waals surface area contributed by atoms with E-state index >= 15 is 0 Å². The molecule has 0 fully saturated rings. The molecule has 0 saturated heterocycles. The zero-order valence-electron chi connectivity index (χ0n) is 4.74. The van der Waals surface area contributed by atoms with Crippen LogP contribution in [0.15, 0.2) is 0 Å². The van der Waals surface area contributed by atoms with E-state index in [2.05, 4.69) is 22.6 Å². The van der Waals surface area contributed by atoms with E-state index in [9.17, 15) is 0 Å². The van der Waals surface area contributed by atoms with Crippen LogP contribution in [0.25, 0.3) is 0 Å². The Bertz CT molecular complexity index is 46.0. The number of rotatable bonds is 2. The maximum absolute atomic E-state index is 9.12. The van der Waals surface area contributed by atoms with Crippen LogP contribution in [-0.4, -0.2) is 8.71 Å². The molecule has 0 atom stereocenters. The predicted octanol–water partition coefficient (Wildman–Crippen LogP) is 1.93. The van der Waals surface area contributed by atoms with Crippen LogP contribution in [0.5, 0.6) is 0 Å². The third-order valence-electron chi connectivity index (χ3n) is 1.08. The normalized spacial score (nSPS) is 12.0. The van der Waals surface area contributed by atoms with E-state index in [1.54, 1.807) is 0 Å². The van der Waals surface area contributed by atoms with Gasteiger partial charge in [0, 0.05) is 0 Å². The van der Waals surface area contributed by atoms with Crippen LogP contribution in [0.3, 0.4) is 0 Å². The van der Waals surface area contributed by atoms with Gasteiger partial charge >= 0.3 is 0 Å². The van der Waals surface area contributed by atoms with Crippen molar-refractivity contribution in [1.29, 1.82) is 0 Å². The molecule has 2 heteroatoms. The van der Waals surface area contributed by atoms with Gasteiger partial charge in [0.05, 0.1) is 0 Å². The number of hydrogen-bond donors (Lipinski definition) is 1. The standard InChI is InChI=1S/C5H11IO/c1-3-5(6,7)4-2/h7H,3-4H2,1-2H3. The molecule has 0 rings (SSSR count). The largest absolute Gasteiger partial charge is 0.380 e. The molecule has 7 heavy (non-hydrogen) atoms. The fourth-order valence-corrected chi connectivity index (χ4v) is 0.250. The zero-order valence-corrected chi connectivity index (χ0v) is 6.90. The van der Waals surface area contributed by atoms with Crippen molar-refractivity contribution in [1.82, 2.24) is 0 Å². The first-order valence-corrected chi connectivity index (χ1v) is 3.61. The van der Waals surface area contributed by atoms with Crippen LogP contribution in [0.2, 0.25) is 0 Å². The van der Waals surface area contributed by atoms with Gasteiger partial charge in [-0.15, -0.1) is 0 Å². The van der Waals surface area contributed by atoms with Gasteiger partial charge in [-0.05, 0) is 35.4 Å². The molecule has 0 aliphatic carbocycles. The van der Waals surface area contributed by atoms with E-state index in [-0.39, 0.29) is 0 Å². The van der Waals surface area contributed by atoms with E-state index in [1.165, 1.54) is 0 Å². The first-order chi connectivity index (χ1) is 3.12. The molecule has 0 aromatic carbocycles. The van der Waals surface area contributed by atoms with E-state index in [4.69, 9.17) is 5.11 Å². The van der Waals surface area contributed by atoms with E-state index in [1.807, 2.05) is 13.8 Å². The van der Waals surface area contributed by atoms with E-state index < -0.39 is 3.61 Å². The average molecular weight is 214 g/mol. The molecule has 0 aliphatic rings.